The number of hydrogen-bond donors (Lipinski definition) is 3. The van der Waals surface area contributed by atoms with Gasteiger partial charge in [-0.15, -0.1) is 0 Å². The van der Waals surface area contributed by atoms with Crippen LogP contribution >= 0.6 is 0 Å². The Labute approximate surface area is 152 Å². The van der Waals surface area contributed by atoms with Crippen LogP contribution in [0.25, 0.3) is 0 Å². The lowest BCUT2D eigenvalue weighted by atomic mass is 10.1. The molecule has 2 aromatic carbocycles. The zero-order valence-electron chi connectivity index (χ0n) is 14.9. The molecule has 7 heteroatoms. The molecule has 0 saturated heterocycles. The van der Waals surface area contributed by atoms with Gasteiger partial charge >= 0.3 is 6.03 Å². The number of nitrogens with two attached hydrogens (primary N) is 1. The molecule has 2 aromatic rings. The number of ether oxygens (including phenoxy) is 2. The van der Waals surface area contributed by atoms with Gasteiger partial charge in [0, 0.05) is 6.54 Å². The molecule has 7 nitrogen and oxygen atoms in total. The number of benzene rings is 2. The Kier molecular flexibility index (Phi) is 6.84. The molecule has 0 heterocycles. The van der Waals surface area contributed by atoms with Crippen molar-refractivity contribution in [2.45, 2.75) is 13.3 Å². The van der Waals surface area contributed by atoms with E-state index in [1.807, 2.05) is 25.1 Å². The van der Waals surface area contributed by atoms with Crippen molar-refractivity contribution in [3.8, 4) is 11.5 Å². The second-order valence-electron chi connectivity index (χ2n) is 5.46. The summed E-state index contributed by atoms with van der Waals surface area (Å²) in [6.07, 6.45) is 0.619. The molecule has 3 amide bonds. The fourth-order valence-corrected chi connectivity index (χ4v) is 2.44. The summed E-state index contributed by atoms with van der Waals surface area (Å²) in [5.41, 5.74) is 6.94. The van der Waals surface area contributed by atoms with E-state index >= 15 is 0 Å². The minimum absolute atomic E-state index is 0.263. The van der Waals surface area contributed by atoms with Gasteiger partial charge in [-0.3, -0.25) is 4.79 Å². The number of primary amides is 1. The van der Waals surface area contributed by atoms with Crippen LogP contribution in [0.3, 0.4) is 0 Å². The van der Waals surface area contributed by atoms with Gasteiger partial charge in [0.2, 0.25) is 0 Å². The summed E-state index contributed by atoms with van der Waals surface area (Å²) < 4.78 is 10.8. The zero-order chi connectivity index (χ0) is 18.9. The normalized spacial score (nSPS) is 10.1. The van der Waals surface area contributed by atoms with Crippen molar-refractivity contribution >= 4 is 17.6 Å². The topological polar surface area (TPSA) is 103 Å². The fraction of sp³-hybridized carbons (Fsp3) is 0.263. The number of amides is 3. The Balaban J connectivity index is 1.90. The molecule has 26 heavy (non-hydrogen) atoms. The van der Waals surface area contributed by atoms with Gasteiger partial charge < -0.3 is 25.8 Å². The average Bonchev–Trinajstić information content (AvgIpc) is 2.63. The van der Waals surface area contributed by atoms with Gasteiger partial charge in [0.25, 0.3) is 5.91 Å². The van der Waals surface area contributed by atoms with Gasteiger partial charge in [-0.1, -0.05) is 18.2 Å². The maximum atomic E-state index is 12.0. The molecule has 0 spiro atoms. The predicted molar refractivity (Wildman–Crippen MR) is 99.8 cm³/mol. The second-order valence-corrected chi connectivity index (χ2v) is 5.46. The molecule has 0 fully saturated rings. The molecule has 0 aliphatic carbocycles. The van der Waals surface area contributed by atoms with Crippen molar-refractivity contribution in [3.05, 3.63) is 53.6 Å². The van der Waals surface area contributed by atoms with Crippen molar-refractivity contribution < 1.29 is 19.1 Å². The Morgan fingerprint density at radius 1 is 1.12 bits per heavy atom. The van der Waals surface area contributed by atoms with Crippen molar-refractivity contribution in [2.24, 2.45) is 5.73 Å². The first-order valence-corrected chi connectivity index (χ1v) is 8.28. The van der Waals surface area contributed by atoms with Gasteiger partial charge in [-0.05, 0) is 43.2 Å². The maximum absolute atomic E-state index is 12.0. The smallest absolute Gasteiger partial charge is 0.319 e. The van der Waals surface area contributed by atoms with Crippen LogP contribution in [0, 0.1) is 0 Å². The molecule has 0 aliphatic rings. The third-order valence-corrected chi connectivity index (χ3v) is 3.67. The van der Waals surface area contributed by atoms with Crippen LogP contribution in [0.2, 0.25) is 0 Å². The SMILES string of the molecule is CCOc1ccc(CCNC(=O)Nc2ccccc2C(N)=O)cc1OC. The standard InChI is InChI=1S/C19H23N3O4/c1-3-26-16-9-8-13(12-17(16)25-2)10-11-21-19(24)22-15-7-5-4-6-14(15)18(20)23/h4-9,12H,3,10-11H2,1-2H3,(H2,20,23)(H2,21,22,24). The van der Waals surface area contributed by atoms with Crippen LogP contribution in [0.4, 0.5) is 10.5 Å². The largest absolute Gasteiger partial charge is 0.493 e. The molecule has 0 aliphatic heterocycles. The van der Waals surface area contributed by atoms with E-state index in [1.165, 1.54) is 0 Å². The molecule has 0 unspecified atom stereocenters. The summed E-state index contributed by atoms with van der Waals surface area (Å²) in [5.74, 6) is 0.749. The number of carbonyl (C=O) groups excluding carboxylic acids is 2. The highest BCUT2D eigenvalue weighted by molar-refractivity contribution is 6.02. The van der Waals surface area contributed by atoms with Crippen molar-refractivity contribution in [3.63, 3.8) is 0 Å². The average molecular weight is 357 g/mol. The Hall–Kier alpha value is -3.22. The molecular formula is C19H23N3O4. The van der Waals surface area contributed by atoms with Gasteiger partial charge in [-0.2, -0.15) is 0 Å². The highest BCUT2D eigenvalue weighted by atomic mass is 16.5. The minimum Gasteiger partial charge on any atom is -0.493 e. The Morgan fingerprint density at radius 2 is 1.88 bits per heavy atom. The van der Waals surface area contributed by atoms with E-state index in [0.717, 1.165) is 5.56 Å². The number of hydrogen-bond acceptors (Lipinski definition) is 4. The van der Waals surface area contributed by atoms with Crippen LogP contribution in [-0.2, 0) is 6.42 Å². The fourth-order valence-electron chi connectivity index (χ4n) is 2.44. The Bertz CT molecular complexity index is 777. The quantitative estimate of drug-likeness (QED) is 0.675. The van der Waals surface area contributed by atoms with E-state index in [-0.39, 0.29) is 5.56 Å². The van der Waals surface area contributed by atoms with Gasteiger partial charge in [-0.25, -0.2) is 4.79 Å². The molecule has 2 rings (SSSR count). The lowest BCUT2D eigenvalue weighted by Gasteiger charge is -2.12. The lowest BCUT2D eigenvalue weighted by molar-refractivity contribution is 0.100. The number of nitrogens with one attached hydrogen (secondary N) is 2. The molecule has 4 N–H and O–H groups in total. The number of methoxy groups -OCH3 is 1. The summed E-state index contributed by atoms with van der Waals surface area (Å²) in [5, 5.41) is 5.38. The van der Waals surface area contributed by atoms with E-state index in [1.54, 1.807) is 31.4 Å². The highest BCUT2D eigenvalue weighted by Crippen LogP contribution is 2.28. The predicted octanol–water partition coefficient (Wildman–Crippen LogP) is 2.56. The molecular weight excluding hydrogens is 334 g/mol. The molecule has 0 radical (unpaired) electrons. The maximum Gasteiger partial charge on any atom is 0.319 e. The minimum atomic E-state index is -0.595. The monoisotopic (exact) mass is 357 g/mol. The van der Waals surface area contributed by atoms with E-state index in [9.17, 15) is 9.59 Å². The van der Waals surface area contributed by atoms with Crippen LogP contribution in [0.15, 0.2) is 42.5 Å². The summed E-state index contributed by atoms with van der Waals surface area (Å²) in [6, 6.07) is 11.8. The van der Waals surface area contributed by atoms with E-state index in [2.05, 4.69) is 10.6 Å². The number of rotatable bonds is 8. The summed E-state index contributed by atoms with van der Waals surface area (Å²) in [6.45, 7) is 2.89. The summed E-state index contributed by atoms with van der Waals surface area (Å²) in [7, 11) is 1.59. The number of anilines is 1. The van der Waals surface area contributed by atoms with E-state index < -0.39 is 11.9 Å². The highest BCUT2D eigenvalue weighted by Gasteiger charge is 2.10. The van der Waals surface area contributed by atoms with Crippen molar-refractivity contribution in [1.82, 2.24) is 5.32 Å². The van der Waals surface area contributed by atoms with E-state index in [0.29, 0.717) is 36.8 Å². The first-order valence-electron chi connectivity index (χ1n) is 8.28. The lowest BCUT2D eigenvalue weighted by Crippen LogP contribution is -2.31. The van der Waals surface area contributed by atoms with Crippen LogP contribution < -0.4 is 25.8 Å². The summed E-state index contributed by atoms with van der Waals surface area (Å²) >= 11 is 0. The van der Waals surface area contributed by atoms with Gasteiger partial charge in [0.15, 0.2) is 11.5 Å². The van der Waals surface area contributed by atoms with Crippen LogP contribution in [-0.4, -0.2) is 32.2 Å². The molecule has 0 atom stereocenters. The van der Waals surface area contributed by atoms with Gasteiger partial charge in [0.05, 0.1) is 25.0 Å². The Morgan fingerprint density at radius 3 is 2.58 bits per heavy atom. The molecule has 0 aromatic heterocycles. The second kappa shape index (κ2) is 9.31. The third-order valence-electron chi connectivity index (χ3n) is 3.67. The molecule has 0 bridgehead atoms. The van der Waals surface area contributed by atoms with Gasteiger partial charge in [0.1, 0.15) is 0 Å². The molecule has 138 valence electrons. The number of carbonyl (C=O) groups is 2. The van der Waals surface area contributed by atoms with Crippen LogP contribution in [0.1, 0.15) is 22.8 Å². The summed E-state index contributed by atoms with van der Waals surface area (Å²) in [4.78, 5) is 23.4. The number of urea groups is 1. The van der Waals surface area contributed by atoms with Crippen molar-refractivity contribution in [1.29, 1.82) is 0 Å². The van der Waals surface area contributed by atoms with E-state index in [4.69, 9.17) is 15.2 Å². The molecule has 0 saturated carbocycles. The van der Waals surface area contributed by atoms with Crippen molar-refractivity contribution in [2.75, 3.05) is 25.6 Å². The number of para-hydroxylation sites is 1. The first-order chi connectivity index (χ1) is 12.5. The zero-order valence-corrected chi connectivity index (χ0v) is 14.9. The van der Waals surface area contributed by atoms with Crippen LogP contribution in [0.5, 0.6) is 11.5 Å². The first kappa shape index (κ1) is 19.1. The third kappa shape index (κ3) is 5.14.